The van der Waals surface area contributed by atoms with Gasteiger partial charge in [0.25, 0.3) is 0 Å². The lowest BCUT2D eigenvalue weighted by atomic mass is 9.99. The second-order valence-electron chi connectivity index (χ2n) is 10.5. The van der Waals surface area contributed by atoms with E-state index in [1.165, 1.54) is 10.8 Å². The van der Waals surface area contributed by atoms with Gasteiger partial charge in [0.05, 0.1) is 25.6 Å². The first-order valence-electron chi connectivity index (χ1n) is 14.3. The number of hydrogen-bond acceptors (Lipinski definition) is 3. The number of benzene rings is 6. The molecule has 4 heteroatoms. The van der Waals surface area contributed by atoms with Gasteiger partial charge in [-0.3, -0.25) is 0 Å². The highest BCUT2D eigenvalue weighted by Gasteiger charge is 2.16. The van der Waals surface area contributed by atoms with Crippen LogP contribution >= 0.6 is 0 Å². The molecular formula is C39H30N2O2. The van der Waals surface area contributed by atoms with Crippen LogP contribution in [0.1, 0.15) is 0 Å². The van der Waals surface area contributed by atoms with Crippen molar-refractivity contribution in [2.45, 2.75) is 0 Å². The van der Waals surface area contributed by atoms with Gasteiger partial charge in [-0.15, -0.1) is 0 Å². The molecule has 0 saturated heterocycles. The highest BCUT2D eigenvalue weighted by atomic mass is 16.5. The monoisotopic (exact) mass is 558 g/mol. The lowest BCUT2D eigenvalue weighted by Gasteiger charge is -2.08. The Bertz CT molecular complexity index is 1900. The summed E-state index contributed by atoms with van der Waals surface area (Å²) < 4.78 is 10.7. The molecule has 0 spiro atoms. The maximum absolute atomic E-state index is 5.33. The highest BCUT2D eigenvalue weighted by Crippen LogP contribution is 2.36. The maximum atomic E-state index is 5.33. The molecule has 208 valence electrons. The lowest BCUT2D eigenvalue weighted by Crippen LogP contribution is -1.86. The average molecular weight is 559 g/mol. The zero-order chi connectivity index (χ0) is 29.2. The number of fused-ring (bicyclic) bond motifs is 1. The molecule has 1 N–H and O–H groups in total. The number of rotatable bonds is 7. The molecule has 0 radical (unpaired) electrons. The first-order valence-corrected chi connectivity index (χ1v) is 14.3. The molecule has 0 saturated carbocycles. The highest BCUT2D eigenvalue weighted by molar-refractivity contribution is 5.88. The zero-order valence-electron chi connectivity index (χ0n) is 24.0. The molecule has 0 atom stereocenters. The van der Waals surface area contributed by atoms with Gasteiger partial charge in [-0.05, 0) is 63.4 Å². The summed E-state index contributed by atoms with van der Waals surface area (Å²) in [4.78, 5) is 8.84. The Morgan fingerprint density at radius 2 is 0.884 bits per heavy atom. The normalized spacial score (nSPS) is 11.0. The Labute approximate surface area is 251 Å². The minimum Gasteiger partial charge on any atom is -0.497 e. The van der Waals surface area contributed by atoms with Gasteiger partial charge in [-0.25, -0.2) is 4.98 Å². The zero-order valence-corrected chi connectivity index (χ0v) is 24.0. The van der Waals surface area contributed by atoms with E-state index in [4.69, 9.17) is 14.5 Å². The summed E-state index contributed by atoms with van der Waals surface area (Å²) in [5.74, 6) is 2.54. The fourth-order valence-corrected chi connectivity index (χ4v) is 5.48. The van der Waals surface area contributed by atoms with Crippen LogP contribution in [0.4, 0.5) is 0 Å². The molecule has 6 aromatic carbocycles. The number of hydrogen-bond donors (Lipinski definition) is 1. The first kappa shape index (κ1) is 26.3. The van der Waals surface area contributed by atoms with Crippen LogP contribution in [0.2, 0.25) is 0 Å². The molecule has 0 unspecified atom stereocenters. The van der Waals surface area contributed by atoms with Crippen molar-refractivity contribution in [1.82, 2.24) is 9.97 Å². The van der Waals surface area contributed by atoms with Crippen LogP contribution < -0.4 is 9.47 Å². The molecule has 0 aliphatic carbocycles. The third-order valence-corrected chi connectivity index (χ3v) is 7.91. The van der Waals surface area contributed by atoms with E-state index < -0.39 is 0 Å². The molecule has 7 aromatic rings. The number of ether oxygens (including phenoxy) is 2. The van der Waals surface area contributed by atoms with E-state index in [-0.39, 0.29) is 0 Å². The van der Waals surface area contributed by atoms with Crippen molar-refractivity contribution >= 4 is 10.8 Å². The van der Waals surface area contributed by atoms with Crippen molar-refractivity contribution in [2.75, 3.05) is 14.2 Å². The molecule has 4 nitrogen and oxygen atoms in total. The summed E-state index contributed by atoms with van der Waals surface area (Å²) in [6.07, 6.45) is 0. The second kappa shape index (κ2) is 11.3. The van der Waals surface area contributed by atoms with Crippen LogP contribution in [0.15, 0.2) is 140 Å². The van der Waals surface area contributed by atoms with Gasteiger partial charge in [0, 0.05) is 16.7 Å². The fraction of sp³-hybridized carbons (Fsp3) is 0.0513. The van der Waals surface area contributed by atoms with Gasteiger partial charge in [0.1, 0.15) is 17.3 Å². The Hall–Kier alpha value is -5.61. The lowest BCUT2D eigenvalue weighted by molar-refractivity contribution is 0.415. The molecule has 0 bridgehead atoms. The minimum absolute atomic E-state index is 0.842. The van der Waals surface area contributed by atoms with E-state index in [0.29, 0.717) is 0 Å². The summed E-state index contributed by atoms with van der Waals surface area (Å²) in [5.41, 5.74) is 9.65. The van der Waals surface area contributed by atoms with Crippen LogP contribution in [0.25, 0.3) is 66.9 Å². The fourth-order valence-electron chi connectivity index (χ4n) is 5.48. The second-order valence-corrected chi connectivity index (χ2v) is 10.5. The number of aromatic nitrogens is 2. The van der Waals surface area contributed by atoms with Gasteiger partial charge in [0.15, 0.2) is 0 Å². The van der Waals surface area contributed by atoms with Crippen LogP contribution in [0, 0.1) is 0 Å². The quantitative estimate of drug-likeness (QED) is 0.212. The van der Waals surface area contributed by atoms with Gasteiger partial charge in [-0.1, -0.05) is 109 Å². The summed E-state index contributed by atoms with van der Waals surface area (Å²) >= 11 is 0. The first-order chi connectivity index (χ1) is 21.2. The molecule has 1 aromatic heterocycles. The van der Waals surface area contributed by atoms with Gasteiger partial charge in [0.2, 0.25) is 0 Å². The van der Waals surface area contributed by atoms with Crippen LogP contribution in [-0.4, -0.2) is 24.2 Å². The molecule has 0 aliphatic rings. The topological polar surface area (TPSA) is 47.1 Å². The van der Waals surface area contributed by atoms with Crippen molar-refractivity contribution in [3.8, 4) is 67.7 Å². The molecule has 1 heterocycles. The molecule has 43 heavy (non-hydrogen) atoms. The predicted molar refractivity (Wildman–Crippen MR) is 176 cm³/mol. The van der Waals surface area contributed by atoms with Gasteiger partial charge in [-0.2, -0.15) is 0 Å². The maximum Gasteiger partial charge on any atom is 0.138 e. The summed E-state index contributed by atoms with van der Waals surface area (Å²) in [7, 11) is 3.37. The third kappa shape index (κ3) is 5.27. The largest absolute Gasteiger partial charge is 0.497 e. The predicted octanol–water partition coefficient (Wildman–Crippen LogP) is 9.92. The Morgan fingerprint density at radius 1 is 0.442 bits per heavy atom. The molecular weight excluding hydrogens is 528 g/mol. The Kier molecular flexibility index (Phi) is 6.94. The Morgan fingerprint density at radius 3 is 1.42 bits per heavy atom. The van der Waals surface area contributed by atoms with Crippen molar-refractivity contribution in [2.24, 2.45) is 0 Å². The van der Waals surface area contributed by atoms with Crippen LogP contribution in [0.5, 0.6) is 11.5 Å². The summed E-state index contributed by atoms with van der Waals surface area (Å²) in [5, 5.41) is 2.40. The average Bonchev–Trinajstić information content (AvgIpc) is 3.54. The number of H-pyrrole nitrogens is 1. The molecule has 0 aliphatic heterocycles. The number of nitrogens with one attached hydrogen (secondary N) is 1. The van der Waals surface area contributed by atoms with E-state index in [0.717, 1.165) is 67.7 Å². The van der Waals surface area contributed by atoms with Gasteiger partial charge >= 0.3 is 0 Å². The standard InChI is InChI=1S/C39H30N2O2/c1-42-35-21-17-29(18-22-35)27-7-12-31(13-8-27)37-38(32-14-9-28(10-15-32)30-19-23-36(43-2)24-20-30)41-39(40-37)34-16-11-26-5-3-4-6-33(26)25-34/h3-25H,1-2H3,(H,40,41). The van der Waals surface area contributed by atoms with Gasteiger partial charge < -0.3 is 14.5 Å². The molecule has 7 rings (SSSR count). The Balaban J connectivity index is 1.29. The summed E-state index contributed by atoms with van der Waals surface area (Å²) in [6, 6.07) is 48.4. The van der Waals surface area contributed by atoms with E-state index in [9.17, 15) is 0 Å². The molecule has 0 fully saturated rings. The molecule has 0 amide bonds. The van der Waals surface area contributed by atoms with Crippen LogP contribution in [-0.2, 0) is 0 Å². The van der Waals surface area contributed by atoms with Crippen molar-refractivity contribution in [3.05, 3.63) is 140 Å². The third-order valence-electron chi connectivity index (χ3n) is 7.91. The van der Waals surface area contributed by atoms with E-state index >= 15 is 0 Å². The number of nitrogens with zero attached hydrogens (tertiary/aromatic N) is 1. The van der Waals surface area contributed by atoms with Crippen molar-refractivity contribution in [1.29, 1.82) is 0 Å². The summed E-state index contributed by atoms with van der Waals surface area (Å²) in [6.45, 7) is 0. The van der Waals surface area contributed by atoms with E-state index in [1.807, 2.05) is 24.3 Å². The number of aromatic amines is 1. The number of methoxy groups -OCH3 is 2. The number of imidazole rings is 1. The van der Waals surface area contributed by atoms with E-state index in [2.05, 4.69) is 120 Å². The van der Waals surface area contributed by atoms with Crippen molar-refractivity contribution in [3.63, 3.8) is 0 Å². The SMILES string of the molecule is COc1ccc(-c2ccc(-c3nc(-c4ccc5ccccc5c4)[nH]c3-c3ccc(-c4ccc(OC)cc4)cc3)cc2)cc1. The van der Waals surface area contributed by atoms with Crippen LogP contribution in [0.3, 0.4) is 0 Å². The van der Waals surface area contributed by atoms with E-state index in [1.54, 1.807) is 14.2 Å². The van der Waals surface area contributed by atoms with Crippen molar-refractivity contribution < 1.29 is 9.47 Å². The minimum atomic E-state index is 0.842. The smallest absolute Gasteiger partial charge is 0.138 e.